The summed E-state index contributed by atoms with van der Waals surface area (Å²) in [6, 6.07) is -1.43. The zero-order chi connectivity index (χ0) is 45.2. The summed E-state index contributed by atoms with van der Waals surface area (Å²) in [6.45, 7) is 20.0. The maximum Gasteiger partial charge on any atom is 0.477 e. The van der Waals surface area contributed by atoms with Crippen molar-refractivity contribution in [3.05, 3.63) is 41.9 Å². The molecule has 2 saturated heterocycles. The van der Waals surface area contributed by atoms with Gasteiger partial charge in [-0.15, -0.1) is 0 Å². The Hall–Kier alpha value is -3.25. The Labute approximate surface area is 349 Å². The fourth-order valence-corrected chi connectivity index (χ4v) is 10.9. The van der Waals surface area contributed by atoms with E-state index in [2.05, 4.69) is 9.97 Å². The molecule has 0 unspecified atom stereocenters. The number of rotatable bonds is 11. The van der Waals surface area contributed by atoms with Crippen LogP contribution in [0.4, 0.5) is 19.3 Å². The number of hydrogen-bond acceptors (Lipinski definition) is 15. The molecule has 1 aromatic carbocycles. The third-order valence-electron chi connectivity index (χ3n) is 8.99. The van der Waals surface area contributed by atoms with Crippen LogP contribution < -0.4 is 4.90 Å². The van der Waals surface area contributed by atoms with Crippen molar-refractivity contribution in [2.75, 3.05) is 24.9 Å². The molecule has 4 amide bonds. The second kappa shape index (κ2) is 16.5. The summed E-state index contributed by atoms with van der Waals surface area (Å²) >= 11 is 0. The number of carbonyl (C=O) groups excluding carboxylic acids is 3. The second-order valence-electron chi connectivity index (χ2n) is 19.0. The standard InChI is InChI=1S/C39H57F2N5O12P2/c1-23-20-44-30-25(17-26(28(40)29(30)41)27-19-42-15-16-43-27)18-39(31(44)24(2)54-23)32(47)45(21-52-59(50,55-35(3,4)5)56-36(6,7)8)34(49)46(33(39)48)22-53-60(51,57-37(9,10)11)58-38(12,13)14/h15-17,19,23-24,31H,18,20-22H2,1-14H3/t23-,24+,31-/m0/s1. The molecule has 3 atom stereocenters. The van der Waals surface area contributed by atoms with Gasteiger partial charge in [-0.25, -0.2) is 32.5 Å². The highest BCUT2D eigenvalue weighted by atomic mass is 31.2. The number of carbonyl (C=O) groups is 3. The molecule has 17 nitrogen and oxygen atoms in total. The number of phosphoric acid groups is 2. The lowest BCUT2D eigenvalue weighted by atomic mass is 9.65. The normalized spacial score (nSPS) is 21.8. The van der Waals surface area contributed by atoms with Gasteiger partial charge in [-0.2, -0.15) is 0 Å². The van der Waals surface area contributed by atoms with Gasteiger partial charge in [0.1, 0.15) is 13.5 Å². The van der Waals surface area contributed by atoms with Gasteiger partial charge in [0, 0.05) is 30.9 Å². The van der Waals surface area contributed by atoms with E-state index in [1.54, 1.807) is 96.9 Å². The molecule has 0 saturated carbocycles. The molecule has 3 aliphatic rings. The molecule has 2 fully saturated rings. The highest BCUT2D eigenvalue weighted by Gasteiger charge is 2.67. The Morgan fingerprint density at radius 2 is 1.23 bits per heavy atom. The van der Waals surface area contributed by atoms with Gasteiger partial charge in [0.2, 0.25) is 0 Å². The van der Waals surface area contributed by atoms with Crippen molar-refractivity contribution < 1.29 is 64.2 Å². The van der Waals surface area contributed by atoms with Crippen molar-refractivity contribution in [1.29, 1.82) is 0 Å². The van der Waals surface area contributed by atoms with Crippen molar-refractivity contribution in [3.8, 4) is 11.3 Å². The summed E-state index contributed by atoms with van der Waals surface area (Å²) in [5.41, 5.74) is -7.37. The largest absolute Gasteiger partial charge is 0.477 e. The third-order valence-corrected chi connectivity index (χ3v) is 12.9. The SMILES string of the molecule is C[C@H]1CN2c3c(cc(-c4cnccn4)c(F)c3F)CC3(C(=O)N(COP(=O)(OC(C)(C)C)OC(C)(C)C)C(=O)N(COP(=O)(OC(C)(C)C)OC(C)(C)C)C3=O)[C@@H]2[C@@H](C)O1. The van der Waals surface area contributed by atoms with Crippen molar-refractivity contribution in [2.24, 2.45) is 5.41 Å². The van der Waals surface area contributed by atoms with E-state index < -0.39 is 111 Å². The summed E-state index contributed by atoms with van der Waals surface area (Å²) < 4.78 is 102. The first-order valence-electron chi connectivity index (χ1n) is 19.5. The lowest BCUT2D eigenvalue weighted by Gasteiger charge is -2.57. The van der Waals surface area contributed by atoms with E-state index in [-0.39, 0.29) is 29.1 Å². The molecule has 5 rings (SSSR count). The molecule has 1 aromatic heterocycles. The first-order chi connectivity index (χ1) is 27.3. The van der Waals surface area contributed by atoms with Crippen LogP contribution in [0.15, 0.2) is 24.7 Å². The lowest BCUT2D eigenvalue weighted by molar-refractivity contribution is -0.172. The first-order valence-corrected chi connectivity index (χ1v) is 22.4. The van der Waals surface area contributed by atoms with Crippen LogP contribution in [0.5, 0.6) is 0 Å². The average molecular weight is 888 g/mol. The third kappa shape index (κ3) is 10.3. The monoisotopic (exact) mass is 887 g/mol. The van der Waals surface area contributed by atoms with Crippen molar-refractivity contribution >= 4 is 39.2 Å². The van der Waals surface area contributed by atoms with Gasteiger partial charge in [-0.05, 0) is 109 Å². The van der Waals surface area contributed by atoms with Gasteiger partial charge in [-0.1, -0.05) is 0 Å². The number of phosphoric ester groups is 2. The number of benzene rings is 1. The maximum absolute atomic E-state index is 16.6. The Bertz CT molecular complexity index is 1970. The molecule has 3 aliphatic heterocycles. The first kappa shape index (κ1) is 47.8. The topological polar surface area (TPSA) is 185 Å². The minimum Gasteiger partial charge on any atom is -0.372 e. The molecular formula is C39H57F2N5O12P2. The number of barbiturate groups is 1. The number of urea groups is 1. The van der Waals surface area contributed by atoms with Gasteiger partial charge in [-0.3, -0.25) is 46.7 Å². The van der Waals surface area contributed by atoms with Crippen LogP contribution >= 0.6 is 15.6 Å². The maximum atomic E-state index is 16.6. The van der Waals surface area contributed by atoms with E-state index in [1.165, 1.54) is 29.6 Å². The van der Waals surface area contributed by atoms with Crippen LogP contribution in [0.25, 0.3) is 11.3 Å². The number of halogens is 2. The molecule has 2 aromatic rings. The van der Waals surface area contributed by atoms with Crippen LogP contribution in [-0.4, -0.2) is 98.3 Å². The minimum atomic E-state index is -4.62. The highest BCUT2D eigenvalue weighted by Crippen LogP contribution is 2.58. The smallest absolute Gasteiger partial charge is 0.372 e. The van der Waals surface area contributed by atoms with Gasteiger partial charge < -0.3 is 9.64 Å². The molecule has 0 N–H and O–H groups in total. The van der Waals surface area contributed by atoms with Gasteiger partial charge in [0.15, 0.2) is 17.0 Å². The molecular weight excluding hydrogens is 830 g/mol. The summed E-state index contributed by atoms with van der Waals surface area (Å²) in [7, 11) is -9.23. The zero-order valence-electron chi connectivity index (χ0n) is 36.7. The molecule has 21 heteroatoms. The molecule has 1 spiro atoms. The summed E-state index contributed by atoms with van der Waals surface area (Å²) in [4.78, 5) is 55.8. The fraction of sp³-hybridized carbons (Fsp3) is 0.667. The number of amides is 4. The van der Waals surface area contributed by atoms with E-state index in [0.29, 0.717) is 9.80 Å². The highest BCUT2D eigenvalue weighted by molar-refractivity contribution is 7.48. The number of morpholine rings is 1. The summed E-state index contributed by atoms with van der Waals surface area (Å²) in [6.07, 6.45) is 1.62. The van der Waals surface area contributed by atoms with Crippen molar-refractivity contribution in [2.45, 2.75) is 144 Å². The van der Waals surface area contributed by atoms with E-state index in [1.807, 2.05) is 0 Å². The predicted octanol–water partition coefficient (Wildman–Crippen LogP) is 8.16. The Balaban J connectivity index is 1.72. The summed E-state index contributed by atoms with van der Waals surface area (Å²) in [5, 5.41) is 0. The molecule has 0 bridgehead atoms. The molecule has 60 heavy (non-hydrogen) atoms. The van der Waals surface area contributed by atoms with Crippen LogP contribution in [0.3, 0.4) is 0 Å². The molecule has 334 valence electrons. The molecule has 0 aliphatic carbocycles. The Morgan fingerprint density at radius 3 is 1.65 bits per heavy atom. The number of anilines is 1. The van der Waals surface area contributed by atoms with E-state index in [0.717, 1.165) is 0 Å². The number of nitrogens with zero attached hydrogens (tertiary/aromatic N) is 5. The van der Waals surface area contributed by atoms with Crippen LogP contribution in [-0.2, 0) is 57.0 Å². The fourth-order valence-electron chi connectivity index (χ4n) is 7.43. The number of fused-ring (bicyclic) bond motifs is 4. The molecule has 4 heterocycles. The van der Waals surface area contributed by atoms with Crippen molar-refractivity contribution in [3.63, 3.8) is 0 Å². The van der Waals surface area contributed by atoms with Crippen molar-refractivity contribution in [1.82, 2.24) is 19.8 Å². The summed E-state index contributed by atoms with van der Waals surface area (Å²) in [5.74, 6) is -4.80. The van der Waals surface area contributed by atoms with E-state index in [9.17, 15) is 13.9 Å². The van der Waals surface area contributed by atoms with Gasteiger partial charge in [0.05, 0.1) is 58.2 Å². The van der Waals surface area contributed by atoms with Crippen LogP contribution in [0.1, 0.15) is 102 Å². The van der Waals surface area contributed by atoms with Gasteiger partial charge >= 0.3 is 21.7 Å². The number of ether oxygens (including phenoxy) is 1. The Morgan fingerprint density at radius 1 is 0.767 bits per heavy atom. The molecule has 0 radical (unpaired) electrons. The van der Waals surface area contributed by atoms with E-state index >= 15 is 18.4 Å². The Kier molecular flexibility index (Phi) is 13.1. The number of imide groups is 2. The minimum absolute atomic E-state index is 0.0143. The number of aromatic nitrogens is 2. The van der Waals surface area contributed by atoms with Crippen LogP contribution in [0, 0.1) is 17.0 Å². The zero-order valence-corrected chi connectivity index (χ0v) is 38.4. The predicted molar refractivity (Wildman–Crippen MR) is 214 cm³/mol. The quantitative estimate of drug-likeness (QED) is 0.155. The van der Waals surface area contributed by atoms with Crippen LogP contribution in [0.2, 0.25) is 0 Å². The average Bonchev–Trinajstić information content (AvgIpc) is 3.05. The van der Waals surface area contributed by atoms with Gasteiger partial charge in [0.25, 0.3) is 11.8 Å². The second-order valence-corrected chi connectivity index (χ2v) is 22.1. The number of hydrogen-bond donors (Lipinski definition) is 0. The van der Waals surface area contributed by atoms with E-state index in [4.69, 9.17) is 31.9 Å². The lowest BCUT2D eigenvalue weighted by Crippen LogP contribution is -2.76.